The number of rotatable bonds is 4. The molecule has 3 aromatic rings. The SMILES string of the molecule is Cc1c(C(=O)Nc2nncs2)cnn1Cc1ccccc1. The molecule has 0 aliphatic rings. The van der Waals surface area contributed by atoms with Gasteiger partial charge in [0.25, 0.3) is 5.91 Å². The molecule has 1 N–H and O–H groups in total. The predicted molar refractivity (Wildman–Crippen MR) is 80.4 cm³/mol. The Morgan fingerprint density at radius 2 is 2.14 bits per heavy atom. The van der Waals surface area contributed by atoms with Gasteiger partial charge < -0.3 is 0 Å². The Bertz CT molecular complexity index is 736. The molecule has 0 radical (unpaired) electrons. The molecule has 2 aromatic heterocycles. The Balaban J connectivity index is 1.77. The monoisotopic (exact) mass is 299 g/mol. The van der Waals surface area contributed by atoms with Crippen molar-refractivity contribution in [2.24, 2.45) is 0 Å². The zero-order valence-electron chi connectivity index (χ0n) is 11.4. The maximum atomic E-state index is 12.2. The Labute approximate surface area is 125 Å². The van der Waals surface area contributed by atoms with Crippen LogP contribution in [0, 0.1) is 6.92 Å². The van der Waals surface area contributed by atoms with E-state index in [9.17, 15) is 4.79 Å². The first kappa shape index (κ1) is 13.4. The smallest absolute Gasteiger partial charge is 0.260 e. The van der Waals surface area contributed by atoms with E-state index in [-0.39, 0.29) is 5.91 Å². The summed E-state index contributed by atoms with van der Waals surface area (Å²) in [5.41, 5.74) is 4.07. The number of anilines is 1. The fraction of sp³-hybridized carbons (Fsp3) is 0.143. The van der Waals surface area contributed by atoms with Crippen LogP contribution in [0.4, 0.5) is 5.13 Å². The highest BCUT2D eigenvalue weighted by molar-refractivity contribution is 7.13. The number of hydrogen-bond donors (Lipinski definition) is 1. The van der Waals surface area contributed by atoms with E-state index >= 15 is 0 Å². The second kappa shape index (κ2) is 5.84. The standard InChI is InChI=1S/C14H13N5OS/c1-10-12(13(20)17-14-18-15-9-21-14)7-16-19(10)8-11-5-3-2-4-6-11/h2-7,9H,8H2,1H3,(H,17,18,20). The van der Waals surface area contributed by atoms with Crippen molar-refractivity contribution in [3.05, 3.63) is 58.9 Å². The third-order valence-electron chi connectivity index (χ3n) is 3.10. The van der Waals surface area contributed by atoms with Gasteiger partial charge >= 0.3 is 0 Å². The number of carbonyl (C=O) groups excluding carboxylic acids is 1. The first-order valence-electron chi connectivity index (χ1n) is 6.38. The highest BCUT2D eigenvalue weighted by Crippen LogP contribution is 2.14. The zero-order valence-corrected chi connectivity index (χ0v) is 12.2. The van der Waals surface area contributed by atoms with E-state index < -0.39 is 0 Å². The van der Waals surface area contributed by atoms with Crippen molar-refractivity contribution >= 4 is 22.4 Å². The molecule has 0 atom stereocenters. The van der Waals surface area contributed by atoms with Crippen molar-refractivity contribution in [1.29, 1.82) is 0 Å². The lowest BCUT2D eigenvalue weighted by molar-refractivity contribution is 0.102. The molecule has 0 unspecified atom stereocenters. The normalized spacial score (nSPS) is 10.5. The van der Waals surface area contributed by atoms with Crippen LogP contribution in [0.2, 0.25) is 0 Å². The highest BCUT2D eigenvalue weighted by Gasteiger charge is 2.15. The van der Waals surface area contributed by atoms with Crippen LogP contribution < -0.4 is 5.32 Å². The summed E-state index contributed by atoms with van der Waals surface area (Å²) in [7, 11) is 0. The molecule has 3 rings (SSSR count). The molecule has 1 aromatic carbocycles. The van der Waals surface area contributed by atoms with Crippen LogP contribution in [0.25, 0.3) is 0 Å². The Morgan fingerprint density at radius 1 is 1.33 bits per heavy atom. The average molecular weight is 299 g/mol. The lowest BCUT2D eigenvalue weighted by Crippen LogP contribution is -2.13. The quantitative estimate of drug-likeness (QED) is 0.802. The highest BCUT2D eigenvalue weighted by atomic mass is 32.1. The second-order valence-electron chi connectivity index (χ2n) is 4.48. The summed E-state index contributed by atoms with van der Waals surface area (Å²) in [6.07, 6.45) is 1.58. The van der Waals surface area contributed by atoms with Gasteiger partial charge in [-0.1, -0.05) is 41.7 Å². The van der Waals surface area contributed by atoms with E-state index in [0.29, 0.717) is 17.2 Å². The van der Waals surface area contributed by atoms with Crippen molar-refractivity contribution < 1.29 is 4.79 Å². The molecule has 6 nitrogen and oxygen atoms in total. The minimum atomic E-state index is -0.219. The molecule has 106 valence electrons. The zero-order chi connectivity index (χ0) is 14.7. The number of benzene rings is 1. The number of amides is 1. The van der Waals surface area contributed by atoms with Crippen molar-refractivity contribution in [2.45, 2.75) is 13.5 Å². The van der Waals surface area contributed by atoms with Gasteiger partial charge in [0.1, 0.15) is 5.51 Å². The first-order valence-corrected chi connectivity index (χ1v) is 7.26. The van der Waals surface area contributed by atoms with E-state index in [4.69, 9.17) is 0 Å². The molecule has 0 saturated heterocycles. The summed E-state index contributed by atoms with van der Waals surface area (Å²) in [6.45, 7) is 2.52. The molecule has 0 spiro atoms. The lowest BCUT2D eigenvalue weighted by Gasteiger charge is -2.05. The summed E-state index contributed by atoms with van der Waals surface area (Å²) in [4.78, 5) is 12.2. The number of aromatic nitrogens is 4. The summed E-state index contributed by atoms with van der Waals surface area (Å²) in [6, 6.07) is 10.00. The van der Waals surface area contributed by atoms with Gasteiger partial charge in [-0.05, 0) is 12.5 Å². The largest absolute Gasteiger partial charge is 0.296 e. The topological polar surface area (TPSA) is 72.7 Å². The number of nitrogens with zero attached hydrogens (tertiary/aromatic N) is 4. The fourth-order valence-electron chi connectivity index (χ4n) is 1.98. The minimum Gasteiger partial charge on any atom is -0.296 e. The predicted octanol–water partition coefficient (Wildman–Crippen LogP) is 2.34. The molecule has 0 aliphatic carbocycles. The molecule has 21 heavy (non-hydrogen) atoms. The molecular weight excluding hydrogens is 286 g/mol. The Hall–Kier alpha value is -2.54. The van der Waals surface area contributed by atoms with Gasteiger partial charge in [-0.25, -0.2) is 0 Å². The Kier molecular flexibility index (Phi) is 3.74. The van der Waals surface area contributed by atoms with Gasteiger partial charge in [0.15, 0.2) is 0 Å². The summed E-state index contributed by atoms with van der Waals surface area (Å²) < 4.78 is 1.81. The van der Waals surface area contributed by atoms with Crippen molar-refractivity contribution in [3.8, 4) is 0 Å². The number of carbonyl (C=O) groups is 1. The molecule has 7 heteroatoms. The maximum Gasteiger partial charge on any atom is 0.260 e. The van der Waals surface area contributed by atoms with Crippen LogP contribution in [0.3, 0.4) is 0 Å². The summed E-state index contributed by atoms with van der Waals surface area (Å²) >= 11 is 1.28. The molecule has 0 saturated carbocycles. The van der Waals surface area contributed by atoms with Crippen LogP contribution in [-0.4, -0.2) is 25.9 Å². The minimum absolute atomic E-state index is 0.219. The van der Waals surface area contributed by atoms with Crippen molar-refractivity contribution in [1.82, 2.24) is 20.0 Å². The van der Waals surface area contributed by atoms with E-state index in [1.54, 1.807) is 11.7 Å². The summed E-state index contributed by atoms with van der Waals surface area (Å²) in [5, 5.41) is 15.0. The van der Waals surface area contributed by atoms with Gasteiger partial charge in [-0.2, -0.15) is 5.10 Å². The molecule has 1 amide bonds. The Morgan fingerprint density at radius 3 is 2.86 bits per heavy atom. The van der Waals surface area contributed by atoms with E-state index in [0.717, 1.165) is 11.3 Å². The van der Waals surface area contributed by atoms with E-state index in [1.165, 1.54) is 11.3 Å². The van der Waals surface area contributed by atoms with Crippen LogP contribution in [0.1, 0.15) is 21.6 Å². The van der Waals surface area contributed by atoms with Crippen molar-refractivity contribution in [2.75, 3.05) is 5.32 Å². The molecule has 0 fully saturated rings. The summed E-state index contributed by atoms with van der Waals surface area (Å²) in [5.74, 6) is -0.219. The molecular formula is C14H13N5OS. The molecule has 0 aliphatic heterocycles. The van der Waals surface area contributed by atoms with Gasteiger partial charge in [0, 0.05) is 5.69 Å². The van der Waals surface area contributed by atoms with Crippen LogP contribution in [-0.2, 0) is 6.54 Å². The van der Waals surface area contributed by atoms with Crippen LogP contribution in [0.5, 0.6) is 0 Å². The van der Waals surface area contributed by atoms with E-state index in [1.807, 2.05) is 41.9 Å². The second-order valence-corrected chi connectivity index (χ2v) is 5.32. The third kappa shape index (κ3) is 2.97. The molecule has 0 bridgehead atoms. The first-order chi connectivity index (χ1) is 10.2. The fourth-order valence-corrected chi connectivity index (χ4v) is 2.42. The van der Waals surface area contributed by atoms with Crippen molar-refractivity contribution in [3.63, 3.8) is 0 Å². The van der Waals surface area contributed by atoms with Gasteiger partial charge in [0.05, 0.1) is 18.3 Å². The number of nitrogens with one attached hydrogen (secondary N) is 1. The van der Waals surface area contributed by atoms with E-state index in [2.05, 4.69) is 20.6 Å². The van der Waals surface area contributed by atoms with Crippen LogP contribution in [0.15, 0.2) is 42.0 Å². The van der Waals surface area contributed by atoms with Crippen LogP contribution >= 0.6 is 11.3 Å². The van der Waals surface area contributed by atoms with Gasteiger partial charge in [-0.3, -0.25) is 14.8 Å². The average Bonchev–Trinajstić information content (AvgIpc) is 3.11. The lowest BCUT2D eigenvalue weighted by atomic mass is 10.2. The third-order valence-corrected chi connectivity index (χ3v) is 3.71. The molecule has 2 heterocycles. The van der Waals surface area contributed by atoms with Gasteiger partial charge in [-0.15, -0.1) is 10.2 Å². The van der Waals surface area contributed by atoms with Gasteiger partial charge in [0.2, 0.25) is 5.13 Å². The maximum absolute atomic E-state index is 12.2. The number of hydrogen-bond acceptors (Lipinski definition) is 5.